The molecule has 8 nitrogen and oxygen atoms in total. The molecule has 1 aliphatic carbocycles. The molecule has 9 heteroatoms. The Morgan fingerprint density at radius 1 is 1.37 bits per heavy atom. The highest BCUT2D eigenvalue weighted by Crippen LogP contribution is 2.34. The number of anilines is 1. The zero-order chi connectivity index (χ0) is 19.1. The van der Waals surface area contributed by atoms with Crippen molar-refractivity contribution in [3.8, 4) is 5.75 Å². The van der Waals surface area contributed by atoms with Gasteiger partial charge in [-0.2, -0.15) is 0 Å². The van der Waals surface area contributed by atoms with Crippen molar-refractivity contribution in [2.75, 3.05) is 19.5 Å². The number of nitrogens with one attached hydrogen (secondary N) is 4. The Kier molecular flexibility index (Phi) is 4.65. The second-order valence-electron chi connectivity index (χ2n) is 7.34. The molecule has 3 fully saturated rings. The summed E-state index contributed by atoms with van der Waals surface area (Å²) in [6, 6.07) is 4.32. The first kappa shape index (κ1) is 18.0. The zero-order valence-corrected chi connectivity index (χ0v) is 15.3. The Bertz CT molecular complexity index is 757. The summed E-state index contributed by atoms with van der Waals surface area (Å²) in [5.41, 5.74) is 3.57. The second kappa shape index (κ2) is 6.97. The summed E-state index contributed by atoms with van der Waals surface area (Å²) in [5.74, 6) is -0.687. The Morgan fingerprint density at radius 3 is 2.85 bits per heavy atom. The van der Waals surface area contributed by atoms with Crippen molar-refractivity contribution in [1.29, 1.82) is 0 Å². The van der Waals surface area contributed by atoms with Crippen molar-refractivity contribution < 1.29 is 18.7 Å². The van der Waals surface area contributed by atoms with Crippen molar-refractivity contribution in [3.05, 3.63) is 24.0 Å². The molecule has 2 saturated heterocycles. The van der Waals surface area contributed by atoms with Gasteiger partial charge in [0.25, 0.3) is 0 Å². The minimum Gasteiger partial charge on any atom is -0.492 e. The van der Waals surface area contributed by atoms with Gasteiger partial charge in [0.2, 0.25) is 11.8 Å². The van der Waals surface area contributed by atoms with Crippen molar-refractivity contribution in [3.63, 3.8) is 0 Å². The van der Waals surface area contributed by atoms with Crippen LogP contribution in [0.3, 0.4) is 0 Å². The fourth-order valence-electron chi connectivity index (χ4n) is 3.86. The summed E-state index contributed by atoms with van der Waals surface area (Å²) in [4.78, 5) is 24.8. The molecular formula is C18H24FN5O3. The average Bonchev–Trinajstić information content (AvgIpc) is 3.42. The largest absolute Gasteiger partial charge is 0.492 e. The van der Waals surface area contributed by atoms with Gasteiger partial charge < -0.3 is 15.4 Å². The molecule has 3 aliphatic rings. The van der Waals surface area contributed by atoms with Gasteiger partial charge in [0.05, 0.1) is 31.0 Å². The third-order valence-electron chi connectivity index (χ3n) is 5.39. The molecule has 0 bridgehead atoms. The van der Waals surface area contributed by atoms with E-state index in [-0.39, 0.29) is 41.9 Å². The van der Waals surface area contributed by atoms with Gasteiger partial charge in [-0.05, 0) is 25.0 Å². The summed E-state index contributed by atoms with van der Waals surface area (Å²) in [5, 5.41) is 11.0. The van der Waals surface area contributed by atoms with Crippen LogP contribution in [-0.4, -0.2) is 49.4 Å². The normalized spacial score (nSPS) is 30.0. The van der Waals surface area contributed by atoms with Crippen molar-refractivity contribution in [1.82, 2.24) is 21.1 Å². The molecular weight excluding hydrogens is 353 g/mol. The third-order valence-corrected chi connectivity index (χ3v) is 5.39. The highest BCUT2D eigenvalue weighted by atomic mass is 19.1. The lowest BCUT2D eigenvalue weighted by Gasteiger charge is -2.38. The smallest absolute Gasteiger partial charge is 0.244 e. The first-order chi connectivity index (χ1) is 13.0. The maximum Gasteiger partial charge on any atom is 0.244 e. The Morgan fingerprint density at radius 2 is 2.15 bits per heavy atom. The molecule has 4 unspecified atom stereocenters. The number of halogens is 1. The van der Waals surface area contributed by atoms with E-state index in [4.69, 9.17) is 4.74 Å². The van der Waals surface area contributed by atoms with E-state index < -0.39 is 11.7 Å². The van der Waals surface area contributed by atoms with E-state index in [2.05, 4.69) is 21.4 Å². The summed E-state index contributed by atoms with van der Waals surface area (Å²) >= 11 is 0. The number of carbonyl (C=O) groups is 2. The summed E-state index contributed by atoms with van der Waals surface area (Å²) in [7, 11) is 3.07. The number of benzene rings is 1. The number of ether oxygens (including phenoxy) is 1. The van der Waals surface area contributed by atoms with Gasteiger partial charge in [-0.25, -0.2) is 9.82 Å². The first-order valence-electron chi connectivity index (χ1n) is 9.17. The van der Waals surface area contributed by atoms with Crippen LogP contribution in [0, 0.1) is 17.7 Å². The van der Waals surface area contributed by atoms with E-state index in [0.717, 1.165) is 12.8 Å². The number of nitrogens with zero attached hydrogens (tertiary/aromatic N) is 1. The van der Waals surface area contributed by atoms with E-state index in [9.17, 15) is 14.0 Å². The molecule has 1 aromatic rings. The van der Waals surface area contributed by atoms with Crippen LogP contribution in [0.25, 0.3) is 0 Å². The molecule has 0 radical (unpaired) electrons. The van der Waals surface area contributed by atoms with E-state index >= 15 is 0 Å². The molecule has 1 saturated carbocycles. The third kappa shape index (κ3) is 3.44. The molecule has 27 heavy (non-hydrogen) atoms. The zero-order valence-electron chi connectivity index (χ0n) is 15.3. The van der Waals surface area contributed by atoms with Crippen molar-refractivity contribution in [2.45, 2.75) is 37.6 Å². The minimum absolute atomic E-state index is 0.0331. The number of piperidine rings is 1. The Balaban J connectivity index is 1.56. The van der Waals surface area contributed by atoms with Crippen LogP contribution < -0.4 is 26.1 Å². The van der Waals surface area contributed by atoms with Gasteiger partial charge in [0.1, 0.15) is 0 Å². The minimum atomic E-state index is -0.473. The summed E-state index contributed by atoms with van der Waals surface area (Å²) < 4.78 is 19.2. The molecule has 2 amide bonds. The number of hydrogen-bond donors (Lipinski definition) is 4. The van der Waals surface area contributed by atoms with Crippen molar-refractivity contribution in [2.24, 2.45) is 11.8 Å². The summed E-state index contributed by atoms with van der Waals surface area (Å²) in [6.45, 7) is 0. The molecule has 2 aliphatic heterocycles. The lowest BCUT2D eigenvalue weighted by Crippen LogP contribution is -2.63. The number of rotatable bonds is 5. The first-order valence-corrected chi connectivity index (χ1v) is 9.17. The van der Waals surface area contributed by atoms with Crippen LogP contribution in [0.1, 0.15) is 19.3 Å². The highest BCUT2D eigenvalue weighted by molar-refractivity contribution is 5.83. The predicted octanol–water partition coefficient (Wildman–Crippen LogP) is 0.379. The molecule has 4 atom stereocenters. The fourth-order valence-corrected chi connectivity index (χ4v) is 3.86. The van der Waals surface area contributed by atoms with E-state index in [1.807, 2.05) is 0 Å². The number of para-hydroxylation sites is 1. The molecule has 1 aromatic carbocycles. The number of hydrogen-bond acceptors (Lipinski definition) is 6. The van der Waals surface area contributed by atoms with Gasteiger partial charge in [-0.15, -0.1) is 0 Å². The molecule has 146 valence electrons. The van der Waals surface area contributed by atoms with E-state index in [1.165, 1.54) is 18.2 Å². The number of carbonyl (C=O) groups excluding carboxylic acids is 2. The maximum atomic E-state index is 14.0. The molecule has 4 rings (SSSR count). The van der Waals surface area contributed by atoms with Gasteiger partial charge in [0, 0.05) is 25.4 Å². The monoisotopic (exact) mass is 377 g/mol. The van der Waals surface area contributed by atoms with Crippen LogP contribution in [0.2, 0.25) is 0 Å². The van der Waals surface area contributed by atoms with Gasteiger partial charge in [-0.1, -0.05) is 6.07 Å². The fraction of sp³-hybridized carbons (Fsp3) is 0.556. The predicted molar refractivity (Wildman–Crippen MR) is 96.0 cm³/mol. The van der Waals surface area contributed by atoms with Crippen LogP contribution in [0.15, 0.2) is 18.2 Å². The molecule has 0 aromatic heterocycles. The second-order valence-corrected chi connectivity index (χ2v) is 7.34. The molecule has 2 heterocycles. The van der Waals surface area contributed by atoms with Gasteiger partial charge >= 0.3 is 0 Å². The van der Waals surface area contributed by atoms with Gasteiger partial charge in [0.15, 0.2) is 11.6 Å². The lowest BCUT2D eigenvalue weighted by atomic mass is 9.88. The maximum absolute atomic E-state index is 14.0. The molecule has 0 spiro atoms. The highest BCUT2D eigenvalue weighted by Gasteiger charge is 2.49. The summed E-state index contributed by atoms with van der Waals surface area (Å²) in [6.07, 6.45) is 1.72. The van der Waals surface area contributed by atoms with Crippen molar-refractivity contribution >= 4 is 17.5 Å². The van der Waals surface area contributed by atoms with E-state index in [1.54, 1.807) is 19.2 Å². The quantitative estimate of drug-likeness (QED) is 0.593. The van der Waals surface area contributed by atoms with Crippen LogP contribution in [0.4, 0.5) is 10.1 Å². The number of amides is 2. The standard InChI is InChI=1S/C18H24FN5O3/c1-24-18(26)14-12(20-11-5-3-4-10(19)15(11)27-2)8-13(21-16(14)23-24)22-17(25)9-6-7-9/h3-5,9,12-14,16,20-21,23H,6-8H2,1-2H3,(H,22,25). The Labute approximate surface area is 156 Å². The Hall–Kier alpha value is -2.39. The number of hydrazine groups is 1. The van der Waals surface area contributed by atoms with E-state index in [0.29, 0.717) is 12.1 Å². The lowest BCUT2D eigenvalue weighted by molar-refractivity contribution is -0.131. The number of methoxy groups -OCH3 is 1. The number of fused-ring (bicyclic) bond motifs is 1. The van der Waals surface area contributed by atoms with Crippen LogP contribution >= 0.6 is 0 Å². The van der Waals surface area contributed by atoms with Crippen LogP contribution in [0.5, 0.6) is 5.75 Å². The van der Waals surface area contributed by atoms with Gasteiger partial charge in [-0.3, -0.25) is 19.9 Å². The topological polar surface area (TPSA) is 94.7 Å². The molecule has 4 N–H and O–H groups in total. The van der Waals surface area contributed by atoms with Crippen LogP contribution in [-0.2, 0) is 9.59 Å². The SMILES string of the molecule is COc1c(F)cccc1NC1CC(NC(=O)C2CC2)NC2NN(C)C(=O)C12. The average molecular weight is 377 g/mol.